The monoisotopic (exact) mass is 613 g/mol. The van der Waals surface area contributed by atoms with Gasteiger partial charge in [0, 0.05) is 62.0 Å². The predicted molar refractivity (Wildman–Crippen MR) is 171 cm³/mol. The molecule has 234 valence electrons. The molecule has 0 aliphatic carbocycles. The summed E-state index contributed by atoms with van der Waals surface area (Å²) in [7, 11) is 1.60. The first-order chi connectivity index (χ1) is 21.9. The van der Waals surface area contributed by atoms with Crippen molar-refractivity contribution >= 4 is 39.8 Å². The highest BCUT2D eigenvalue weighted by Crippen LogP contribution is 2.35. The summed E-state index contributed by atoms with van der Waals surface area (Å²) in [5.74, 6) is 2.23. The minimum atomic E-state index is -0.497. The molecule has 2 aliphatic rings. The quantitative estimate of drug-likeness (QED) is 0.234. The third kappa shape index (κ3) is 6.91. The van der Waals surface area contributed by atoms with Crippen LogP contribution in [0.25, 0.3) is 10.9 Å². The summed E-state index contributed by atoms with van der Waals surface area (Å²) in [6.07, 6.45) is 6.14. The lowest BCUT2D eigenvalue weighted by Gasteiger charge is -2.32. The third-order valence-electron chi connectivity index (χ3n) is 8.01. The smallest absolute Gasteiger partial charge is 0.245 e. The summed E-state index contributed by atoms with van der Waals surface area (Å²) in [6.45, 7) is 9.02. The molecule has 0 spiro atoms. The number of hydrogen-bond acceptors (Lipinski definition) is 10. The molecule has 2 saturated heterocycles. The molecule has 2 aromatic heterocycles. The fourth-order valence-corrected chi connectivity index (χ4v) is 5.65. The Morgan fingerprint density at radius 3 is 2.64 bits per heavy atom. The van der Waals surface area contributed by atoms with Crippen molar-refractivity contribution in [3.8, 4) is 17.2 Å². The molecule has 6 rings (SSSR count). The Bertz CT molecular complexity index is 1700. The Labute approximate surface area is 261 Å². The van der Waals surface area contributed by atoms with Gasteiger partial charge in [0.25, 0.3) is 0 Å². The van der Waals surface area contributed by atoms with Crippen LogP contribution in [0, 0.1) is 5.82 Å². The van der Waals surface area contributed by atoms with Crippen molar-refractivity contribution in [2.24, 2.45) is 0 Å². The van der Waals surface area contributed by atoms with Crippen molar-refractivity contribution < 1.29 is 23.4 Å². The number of hydrogen-bond donors (Lipinski definition) is 2. The molecule has 12 heteroatoms. The van der Waals surface area contributed by atoms with Gasteiger partial charge in [0.05, 0.1) is 36.7 Å². The average molecular weight is 614 g/mol. The lowest BCUT2D eigenvalue weighted by molar-refractivity contribution is -0.126. The number of halogens is 1. The highest BCUT2D eigenvalue weighted by atomic mass is 19.1. The van der Waals surface area contributed by atoms with E-state index in [-0.39, 0.29) is 23.7 Å². The van der Waals surface area contributed by atoms with Gasteiger partial charge in [-0.3, -0.25) is 4.79 Å². The first-order valence-electron chi connectivity index (χ1n) is 15.0. The van der Waals surface area contributed by atoms with Crippen molar-refractivity contribution in [1.82, 2.24) is 19.9 Å². The predicted octanol–water partition coefficient (Wildman–Crippen LogP) is 5.52. The highest BCUT2D eigenvalue weighted by Gasteiger charge is 2.23. The Hall–Kier alpha value is -4.97. The number of piperidine rings is 1. The van der Waals surface area contributed by atoms with Crippen molar-refractivity contribution in [2.75, 3.05) is 55.4 Å². The molecule has 1 atom stereocenters. The zero-order valence-corrected chi connectivity index (χ0v) is 25.3. The molecule has 0 saturated carbocycles. The summed E-state index contributed by atoms with van der Waals surface area (Å²) in [5.41, 5.74) is 1.65. The van der Waals surface area contributed by atoms with Crippen LogP contribution in [0.3, 0.4) is 0 Å². The number of methoxy groups -OCH3 is 1. The standard InChI is InChI=1S/C33H36FN7O4/c1-4-32(42)40-11-8-22(9-12-40)38-29-17-25-28(18-30(29)43-3)36-20-37-33(25)39-27-6-5-23(15-26(27)34)45-24-7-10-35-31(16-24)41-13-14-44-21(2)19-41/h4-7,10,15-18,20-22,38H,1,8-9,11-14,19H2,2-3H3,(H,36,37,39)/t21-/m1/s1. The van der Waals surface area contributed by atoms with Crippen molar-refractivity contribution in [3.63, 3.8) is 0 Å². The number of likely N-dealkylation sites (tertiary alicyclic amines) is 1. The second-order valence-corrected chi connectivity index (χ2v) is 11.1. The first kappa shape index (κ1) is 30.1. The maximum atomic E-state index is 15.4. The molecule has 1 amide bonds. The second kappa shape index (κ2) is 13.3. The van der Waals surface area contributed by atoms with Crippen LogP contribution in [-0.2, 0) is 9.53 Å². The number of aromatic nitrogens is 3. The molecule has 2 N–H and O–H groups in total. The highest BCUT2D eigenvalue weighted by molar-refractivity contribution is 5.95. The number of benzene rings is 2. The molecule has 4 aromatic rings. The van der Waals surface area contributed by atoms with Crippen LogP contribution >= 0.6 is 0 Å². The fraction of sp³-hybridized carbons (Fsp3) is 0.333. The van der Waals surface area contributed by atoms with Crippen molar-refractivity contribution in [2.45, 2.75) is 31.9 Å². The minimum absolute atomic E-state index is 0.0543. The number of rotatable bonds is 9. The van der Waals surface area contributed by atoms with Gasteiger partial charge in [-0.25, -0.2) is 19.3 Å². The SMILES string of the molecule is C=CC(=O)N1CCC(Nc2cc3c(Nc4ccc(Oc5ccnc(N6CCO[C@H](C)C6)c5)cc4F)ncnc3cc2OC)CC1. The average Bonchev–Trinajstić information content (AvgIpc) is 3.06. The van der Waals surface area contributed by atoms with E-state index in [1.165, 1.54) is 18.5 Å². The van der Waals surface area contributed by atoms with Crippen LogP contribution in [0.15, 0.2) is 67.6 Å². The Kier molecular flexibility index (Phi) is 8.92. The summed E-state index contributed by atoms with van der Waals surface area (Å²) in [4.78, 5) is 29.2. The van der Waals surface area contributed by atoms with E-state index in [1.807, 2.05) is 25.1 Å². The van der Waals surface area contributed by atoms with E-state index in [1.54, 1.807) is 36.4 Å². The van der Waals surface area contributed by atoms with Crippen LogP contribution < -0.4 is 25.0 Å². The fourth-order valence-electron chi connectivity index (χ4n) is 5.65. The molecule has 4 heterocycles. The summed E-state index contributed by atoms with van der Waals surface area (Å²) < 4.78 is 32.7. The van der Waals surface area contributed by atoms with E-state index in [2.05, 4.69) is 37.1 Å². The van der Waals surface area contributed by atoms with Crippen molar-refractivity contribution in [3.05, 3.63) is 73.5 Å². The first-order valence-corrected chi connectivity index (χ1v) is 15.0. The Morgan fingerprint density at radius 1 is 1.07 bits per heavy atom. The maximum Gasteiger partial charge on any atom is 0.245 e. The number of carbonyl (C=O) groups is 1. The molecule has 2 aliphatic heterocycles. The zero-order chi connectivity index (χ0) is 31.3. The van der Waals surface area contributed by atoms with Gasteiger partial charge < -0.3 is 34.6 Å². The minimum Gasteiger partial charge on any atom is -0.495 e. The van der Waals surface area contributed by atoms with Crippen molar-refractivity contribution in [1.29, 1.82) is 0 Å². The second-order valence-electron chi connectivity index (χ2n) is 11.1. The van der Waals surface area contributed by atoms with Crippen LogP contribution in [0.5, 0.6) is 17.2 Å². The molecule has 0 unspecified atom stereocenters. The molecular formula is C33H36FN7O4. The summed E-state index contributed by atoms with van der Waals surface area (Å²) >= 11 is 0. The summed E-state index contributed by atoms with van der Waals surface area (Å²) in [5, 5.41) is 7.37. The van der Waals surface area contributed by atoms with Gasteiger partial charge in [-0.2, -0.15) is 0 Å². The molecule has 0 bridgehead atoms. The molecule has 11 nitrogen and oxygen atoms in total. The van der Waals surface area contributed by atoms with Gasteiger partial charge in [-0.1, -0.05) is 6.58 Å². The topological polar surface area (TPSA) is 114 Å². The van der Waals surface area contributed by atoms with E-state index in [0.29, 0.717) is 53.7 Å². The number of nitrogens with zero attached hydrogens (tertiary/aromatic N) is 5. The Morgan fingerprint density at radius 2 is 1.89 bits per heavy atom. The van der Waals surface area contributed by atoms with Crippen LogP contribution in [0.4, 0.5) is 27.4 Å². The van der Waals surface area contributed by atoms with Gasteiger partial charge in [0.2, 0.25) is 5.91 Å². The van der Waals surface area contributed by atoms with Gasteiger partial charge in [0.1, 0.15) is 41.0 Å². The van der Waals surface area contributed by atoms with Gasteiger partial charge >= 0.3 is 0 Å². The molecule has 2 fully saturated rings. The zero-order valence-electron chi connectivity index (χ0n) is 25.3. The number of pyridine rings is 1. The third-order valence-corrected chi connectivity index (χ3v) is 8.01. The molecule has 2 aromatic carbocycles. The lowest BCUT2D eigenvalue weighted by atomic mass is 10.0. The number of ether oxygens (including phenoxy) is 3. The largest absolute Gasteiger partial charge is 0.495 e. The lowest BCUT2D eigenvalue weighted by Crippen LogP contribution is -2.41. The molecule has 0 radical (unpaired) electrons. The number of anilines is 4. The van der Waals surface area contributed by atoms with Crippen LogP contribution in [0.2, 0.25) is 0 Å². The van der Waals surface area contributed by atoms with E-state index in [4.69, 9.17) is 14.2 Å². The van der Waals surface area contributed by atoms with E-state index >= 15 is 4.39 Å². The molecular weight excluding hydrogens is 577 g/mol. The van der Waals surface area contributed by atoms with Gasteiger partial charge in [-0.05, 0) is 50.1 Å². The number of carbonyl (C=O) groups excluding carboxylic acids is 1. The van der Waals surface area contributed by atoms with Gasteiger partial charge in [-0.15, -0.1) is 0 Å². The van der Waals surface area contributed by atoms with E-state index in [0.717, 1.165) is 37.4 Å². The van der Waals surface area contributed by atoms with Gasteiger partial charge in [0.15, 0.2) is 0 Å². The number of morpholine rings is 1. The molecule has 45 heavy (non-hydrogen) atoms. The normalized spacial score (nSPS) is 17.2. The van der Waals surface area contributed by atoms with E-state index < -0.39 is 5.82 Å². The number of fused-ring (bicyclic) bond motifs is 1. The summed E-state index contributed by atoms with van der Waals surface area (Å²) in [6, 6.07) is 12.1. The Balaban J connectivity index is 1.18. The number of amides is 1. The number of nitrogens with one attached hydrogen (secondary N) is 2. The van der Waals surface area contributed by atoms with E-state index in [9.17, 15) is 4.79 Å². The maximum absolute atomic E-state index is 15.4. The van der Waals surface area contributed by atoms with Crippen LogP contribution in [-0.4, -0.2) is 77.8 Å². The van der Waals surface area contributed by atoms with Crippen LogP contribution in [0.1, 0.15) is 19.8 Å².